The van der Waals surface area contributed by atoms with Crippen molar-refractivity contribution in [2.24, 2.45) is 0 Å². The van der Waals surface area contributed by atoms with E-state index in [9.17, 15) is 14.9 Å². The van der Waals surface area contributed by atoms with Gasteiger partial charge in [-0.05, 0) is 25.1 Å². The number of hydrogen-bond acceptors (Lipinski definition) is 5. The molecule has 0 aliphatic carbocycles. The lowest BCUT2D eigenvalue weighted by molar-refractivity contribution is -0.385. The molecule has 0 saturated carbocycles. The number of rotatable bonds is 4. The Balaban J connectivity index is 2.28. The number of ether oxygens (including phenoxy) is 1. The van der Waals surface area contributed by atoms with Crippen LogP contribution < -0.4 is 10.1 Å². The maximum atomic E-state index is 12.2. The molecule has 1 amide bonds. The molecule has 108 valence electrons. The molecule has 0 unspecified atom stereocenters. The number of benzene rings is 1. The summed E-state index contributed by atoms with van der Waals surface area (Å²) in [7, 11) is 1.41. The second kappa shape index (κ2) is 6.00. The predicted molar refractivity (Wildman–Crippen MR) is 76.6 cm³/mol. The molecule has 0 aliphatic rings. The van der Waals surface area contributed by atoms with Gasteiger partial charge in [0.05, 0.1) is 12.0 Å². The van der Waals surface area contributed by atoms with Crippen LogP contribution in [0.5, 0.6) is 5.88 Å². The molecule has 0 fully saturated rings. The molecule has 0 radical (unpaired) electrons. The normalized spacial score (nSPS) is 10.0. The van der Waals surface area contributed by atoms with Crippen LogP contribution in [0.2, 0.25) is 0 Å². The highest BCUT2D eigenvalue weighted by atomic mass is 16.6. The van der Waals surface area contributed by atoms with E-state index in [-0.39, 0.29) is 17.1 Å². The zero-order valence-corrected chi connectivity index (χ0v) is 11.5. The lowest BCUT2D eigenvalue weighted by atomic mass is 10.1. The summed E-state index contributed by atoms with van der Waals surface area (Å²) in [6.45, 7) is 1.63. The van der Waals surface area contributed by atoms with Gasteiger partial charge in [-0.1, -0.05) is 6.07 Å². The predicted octanol–water partition coefficient (Wildman–Crippen LogP) is 2.56. The summed E-state index contributed by atoms with van der Waals surface area (Å²) in [5.41, 5.74) is 1.06. The monoisotopic (exact) mass is 287 g/mol. The van der Waals surface area contributed by atoms with E-state index in [2.05, 4.69) is 10.3 Å². The largest absolute Gasteiger partial charge is 0.480 e. The fourth-order valence-electron chi connectivity index (χ4n) is 1.81. The van der Waals surface area contributed by atoms with Crippen LogP contribution in [-0.2, 0) is 0 Å². The van der Waals surface area contributed by atoms with Gasteiger partial charge in [0, 0.05) is 23.5 Å². The molecule has 1 heterocycles. The minimum Gasteiger partial charge on any atom is -0.480 e. The summed E-state index contributed by atoms with van der Waals surface area (Å²) in [6.07, 6.45) is 1.51. The molecule has 7 heteroatoms. The number of amides is 1. The zero-order valence-electron chi connectivity index (χ0n) is 11.5. The Morgan fingerprint density at radius 2 is 2.14 bits per heavy atom. The van der Waals surface area contributed by atoms with Crippen molar-refractivity contribution in [3.8, 4) is 5.88 Å². The third-order valence-corrected chi connectivity index (χ3v) is 2.87. The van der Waals surface area contributed by atoms with Crippen molar-refractivity contribution >= 4 is 17.3 Å². The molecule has 1 aromatic carbocycles. The minimum atomic E-state index is -0.490. The summed E-state index contributed by atoms with van der Waals surface area (Å²) in [6, 6.07) is 7.66. The Bertz CT molecular complexity index is 700. The molecule has 21 heavy (non-hydrogen) atoms. The maximum Gasteiger partial charge on any atom is 0.274 e. The van der Waals surface area contributed by atoms with E-state index in [1.165, 1.54) is 19.4 Å². The summed E-state index contributed by atoms with van der Waals surface area (Å²) >= 11 is 0. The Kier molecular flexibility index (Phi) is 4.13. The Morgan fingerprint density at radius 3 is 2.81 bits per heavy atom. The van der Waals surface area contributed by atoms with Crippen LogP contribution in [0.25, 0.3) is 0 Å². The topological polar surface area (TPSA) is 94.4 Å². The molecule has 0 spiro atoms. The van der Waals surface area contributed by atoms with Crippen LogP contribution in [-0.4, -0.2) is 22.9 Å². The van der Waals surface area contributed by atoms with E-state index in [1.807, 2.05) is 0 Å². The number of carbonyl (C=O) groups excluding carboxylic acids is 1. The van der Waals surface area contributed by atoms with Crippen molar-refractivity contribution in [3.63, 3.8) is 0 Å². The van der Waals surface area contributed by atoms with E-state index < -0.39 is 10.8 Å². The summed E-state index contributed by atoms with van der Waals surface area (Å²) in [5.74, 6) is -0.255. The molecule has 0 bridgehead atoms. The van der Waals surface area contributed by atoms with E-state index in [0.29, 0.717) is 11.3 Å². The number of anilines is 1. The van der Waals surface area contributed by atoms with Crippen molar-refractivity contribution in [1.82, 2.24) is 4.98 Å². The lowest BCUT2D eigenvalue weighted by Crippen LogP contribution is -2.14. The van der Waals surface area contributed by atoms with Gasteiger partial charge in [0.2, 0.25) is 5.88 Å². The zero-order chi connectivity index (χ0) is 15.4. The molecular weight excluding hydrogens is 274 g/mol. The van der Waals surface area contributed by atoms with Gasteiger partial charge >= 0.3 is 0 Å². The first-order chi connectivity index (χ1) is 10.0. The molecule has 0 aliphatic heterocycles. The van der Waals surface area contributed by atoms with E-state index in [4.69, 9.17) is 4.74 Å². The molecule has 2 rings (SSSR count). The van der Waals surface area contributed by atoms with Gasteiger partial charge in [0.15, 0.2) is 0 Å². The number of carbonyl (C=O) groups is 1. The van der Waals surface area contributed by atoms with Crippen LogP contribution >= 0.6 is 0 Å². The maximum absolute atomic E-state index is 12.2. The van der Waals surface area contributed by atoms with Gasteiger partial charge in [-0.2, -0.15) is 0 Å². The van der Waals surface area contributed by atoms with Gasteiger partial charge in [0.25, 0.3) is 11.6 Å². The van der Waals surface area contributed by atoms with Crippen molar-refractivity contribution in [1.29, 1.82) is 0 Å². The van der Waals surface area contributed by atoms with Gasteiger partial charge in [-0.25, -0.2) is 4.98 Å². The molecule has 1 N–H and O–H groups in total. The van der Waals surface area contributed by atoms with Crippen molar-refractivity contribution in [2.75, 3.05) is 12.4 Å². The number of nitro benzene ring substituents is 1. The highest BCUT2D eigenvalue weighted by molar-refractivity contribution is 6.05. The molecule has 1 aromatic heterocycles. The summed E-state index contributed by atoms with van der Waals surface area (Å²) in [4.78, 5) is 26.5. The number of aromatic nitrogens is 1. The first-order valence-corrected chi connectivity index (χ1v) is 6.08. The first-order valence-electron chi connectivity index (χ1n) is 6.08. The minimum absolute atomic E-state index is 0.0500. The van der Waals surface area contributed by atoms with Gasteiger partial charge in [-0.15, -0.1) is 0 Å². The summed E-state index contributed by atoms with van der Waals surface area (Å²) < 4.78 is 5.01. The highest BCUT2D eigenvalue weighted by Gasteiger charge is 2.16. The fourth-order valence-corrected chi connectivity index (χ4v) is 1.81. The second-order valence-electron chi connectivity index (χ2n) is 4.27. The Labute approximate surface area is 120 Å². The van der Waals surface area contributed by atoms with Crippen LogP contribution in [0, 0.1) is 17.0 Å². The molecule has 0 saturated heterocycles. The molecule has 0 atom stereocenters. The van der Waals surface area contributed by atoms with Crippen LogP contribution in [0.3, 0.4) is 0 Å². The van der Waals surface area contributed by atoms with Crippen molar-refractivity contribution < 1.29 is 14.5 Å². The molecular formula is C14H13N3O4. The standard InChI is InChI=1S/C14H13N3O4/c1-9-5-6-10(8-12(9)17(19)20)16-13(18)11-4-3-7-15-14(11)21-2/h3-8H,1-2H3,(H,16,18). The third-order valence-electron chi connectivity index (χ3n) is 2.87. The Hall–Kier alpha value is -2.96. The van der Waals surface area contributed by atoms with E-state index in [0.717, 1.165) is 0 Å². The number of nitrogens with zero attached hydrogens (tertiary/aromatic N) is 2. The quantitative estimate of drug-likeness (QED) is 0.688. The smallest absolute Gasteiger partial charge is 0.274 e. The number of pyridine rings is 1. The third kappa shape index (κ3) is 3.14. The average Bonchev–Trinajstić information content (AvgIpc) is 2.48. The van der Waals surface area contributed by atoms with Gasteiger partial charge < -0.3 is 10.1 Å². The Morgan fingerprint density at radius 1 is 1.38 bits per heavy atom. The van der Waals surface area contributed by atoms with Gasteiger partial charge in [0.1, 0.15) is 5.56 Å². The number of methoxy groups -OCH3 is 1. The van der Waals surface area contributed by atoms with Crippen molar-refractivity contribution in [3.05, 3.63) is 57.8 Å². The number of nitro groups is 1. The fraction of sp³-hybridized carbons (Fsp3) is 0.143. The molecule has 7 nitrogen and oxygen atoms in total. The second-order valence-corrected chi connectivity index (χ2v) is 4.27. The van der Waals surface area contributed by atoms with Crippen molar-refractivity contribution in [2.45, 2.75) is 6.92 Å². The highest BCUT2D eigenvalue weighted by Crippen LogP contribution is 2.23. The SMILES string of the molecule is COc1ncccc1C(=O)Nc1ccc(C)c([N+](=O)[O-])c1. The van der Waals surface area contributed by atoms with E-state index in [1.54, 1.807) is 31.2 Å². The first kappa shape index (κ1) is 14.4. The van der Waals surface area contributed by atoms with Crippen LogP contribution in [0.1, 0.15) is 15.9 Å². The van der Waals surface area contributed by atoms with Crippen LogP contribution in [0.4, 0.5) is 11.4 Å². The number of nitrogens with one attached hydrogen (secondary N) is 1. The lowest BCUT2D eigenvalue weighted by Gasteiger charge is -2.08. The van der Waals surface area contributed by atoms with Crippen LogP contribution in [0.15, 0.2) is 36.5 Å². The van der Waals surface area contributed by atoms with E-state index >= 15 is 0 Å². The summed E-state index contributed by atoms with van der Waals surface area (Å²) in [5, 5.41) is 13.5. The molecule has 2 aromatic rings. The average molecular weight is 287 g/mol. The number of hydrogen-bond donors (Lipinski definition) is 1. The number of aryl methyl sites for hydroxylation is 1. The van der Waals surface area contributed by atoms with Gasteiger partial charge in [-0.3, -0.25) is 14.9 Å².